The number of rotatable bonds is 5. The maximum atomic E-state index is 13.1. The molecular formula is C25H28ClNO3. The van der Waals surface area contributed by atoms with Crippen molar-refractivity contribution in [3.63, 3.8) is 0 Å². The van der Waals surface area contributed by atoms with Crippen LogP contribution in [0.15, 0.2) is 36.4 Å². The van der Waals surface area contributed by atoms with Gasteiger partial charge in [-0.25, -0.2) is 0 Å². The molecule has 4 fully saturated rings. The number of aromatic nitrogens is 1. The molecule has 4 saturated carbocycles. The van der Waals surface area contributed by atoms with Crippen LogP contribution in [0.5, 0.6) is 0 Å². The van der Waals surface area contributed by atoms with E-state index in [0.29, 0.717) is 23.8 Å². The second kappa shape index (κ2) is 6.98. The van der Waals surface area contributed by atoms with Gasteiger partial charge in [-0.15, -0.1) is 11.6 Å². The molecule has 0 aliphatic heterocycles. The largest absolute Gasteiger partial charge is 0.457 e. The predicted molar refractivity (Wildman–Crippen MR) is 116 cm³/mol. The fourth-order valence-corrected chi connectivity index (χ4v) is 7.46. The summed E-state index contributed by atoms with van der Waals surface area (Å²) in [7, 11) is 0. The highest BCUT2D eigenvalue weighted by atomic mass is 35.5. The lowest BCUT2D eigenvalue weighted by molar-refractivity contribution is -0.168. The van der Waals surface area contributed by atoms with Crippen LogP contribution in [0.25, 0.3) is 5.69 Å². The molecular weight excluding hydrogens is 398 g/mol. The van der Waals surface area contributed by atoms with Crippen molar-refractivity contribution in [2.45, 2.75) is 57.2 Å². The first-order valence-electron chi connectivity index (χ1n) is 10.9. The number of hydrogen-bond donors (Lipinski definition) is 0. The molecule has 4 atom stereocenters. The Hall–Kier alpha value is -2.07. The van der Waals surface area contributed by atoms with Gasteiger partial charge in [0, 0.05) is 27.5 Å². The zero-order valence-corrected chi connectivity index (χ0v) is 18.4. The standard InChI is InChI=1S/C25H28ClNO3/c1-16-8-21(17(2)27(16)20-6-4-3-5-7-20)22(28)14-30-23(29)24-10-18-9-19(11-24)13-25(26,12-18)15-24/h3-8,18-19H,9-15H2,1-2H3/t18-,19+,24?,25?. The van der Waals surface area contributed by atoms with Crippen molar-refractivity contribution in [3.05, 3.63) is 53.3 Å². The first-order valence-corrected chi connectivity index (χ1v) is 11.3. The second-order valence-corrected chi connectivity index (χ2v) is 10.6. The molecule has 4 aliphatic rings. The average Bonchev–Trinajstić information content (AvgIpc) is 2.98. The summed E-state index contributed by atoms with van der Waals surface area (Å²) in [4.78, 5) is 25.8. The average molecular weight is 426 g/mol. The van der Waals surface area contributed by atoms with Crippen LogP contribution in [0.1, 0.15) is 60.3 Å². The number of ketones is 1. The van der Waals surface area contributed by atoms with Crippen molar-refractivity contribution >= 4 is 23.4 Å². The number of Topliss-reactive ketones (excluding diaryl/α,β-unsaturated/α-hetero) is 1. The highest BCUT2D eigenvalue weighted by Gasteiger charge is 2.60. The molecule has 4 aliphatic carbocycles. The minimum atomic E-state index is -0.479. The highest BCUT2D eigenvalue weighted by Crippen LogP contribution is 2.64. The lowest BCUT2D eigenvalue weighted by atomic mass is 9.49. The van der Waals surface area contributed by atoms with E-state index in [4.69, 9.17) is 16.3 Å². The maximum Gasteiger partial charge on any atom is 0.312 e. The van der Waals surface area contributed by atoms with Gasteiger partial charge in [-0.3, -0.25) is 9.59 Å². The van der Waals surface area contributed by atoms with Gasteiger partial charge >= 0.3 is 5.97 Å². The van der Waals surface area contributed by atoms with E-state index in [1.54, 1.807) is 0 Å². The fraction of sp³-hybridized carbons (Fsp3) is 0.520. The summed E-state index contributed by atoms with van der Waals surface area (Å²) in [5, 5.41) is 0. The molecule has 0 radical (unpaired) electrons. The van der Waals surface area contributed by atoms with Gasteiger partial charge in [0.05, 0.1) is 5.41 Å². The number of aryl methyl sites for hydroxylation is 1. The summed E-state index contributed by atoms with van der Waals surface area (Å²) in [6.45, 7) is 3.72. The summed E-state index contributed by atoms with van der Waals surface area (Å²) >= 11 is 6.84. The van der Waals surface area contributed by atoms with Crippen LogP contribution in [0, 0.1) is 31.1 Å². The van der Waals surface area contributed by atoms with Crippen molar-refractivity contribution in [1.29, 1.82) is 0 Å². The van der Waals surface area contributed by atoms with E-state index in [1.807, 2.05) is 50.2 Å². The van der Waals surface area contributed by atoms with Gasteiger partial charge in [0.2, 0.25) is 5.78 Å². The van der Waals surface area contributed by atoms with Crippen molar-refractivity contribution in [1.82, 2.24) is 4.57 Å². The van der Waals surface area contributed by atoms with Crippen LogP contribution in [-0.4, -0.2) is 27.8 Å². The van der Waals surface area contributed by atoms with Gasteiger partial charge in [0.15, 0.2) is 6.61 Å². The molecule has 2 aromatic rings. The zero-order chi connectivity index (χ0) is 21.1. The number of carbonyl (C=O) groups excluding carboxylic acids is 2. The molecule has 4 nitrogen and oxygen atoms in total. The molecule has 2 unspecified atom stereocenters. The third-order valence-electron chi connectivity index (χ3n) is 7.50. The highest BCUT2D eigenvalue weighted by molar-refractivity contribution is 6.24. The van der Waals surface area contributed by atoms with Crippen molar-refractivity contribution in [2.75, 3.05) is 6.61 Å². The number of halogens is 1. The van der Waals surface area contributed by atoms with E-state index in [0.717, 1.165) is 42.8 Å². The molecule has 1 heterocycles. The Kier molecular flexibility index (Phi) is 4.62. The molecule has 0 saturated heterocycles. The van der Waals surface area contributed by atoms with Gasteiger partial charge in [-0.1, -0.05) is 18.2 Å². The smallest absolute Gasteiger partial charge is 0.312 e. The molecule has 0 spiro atoms. The molecule has 1 aromatic carbocycles. The number of esters is 1. The Bertz CT molecular complexity index is 995. The summed E-state index contributed by atoms with van der Waals surface area (Å²) in [6, 6.07) is 11.8. The molecule has 0 amide bonds. The SMILES string of the molecule is Cc1cc(C(=O)COC(=O)C23C[C@@H]4C[C@@H](CC(Cl)(C4)C2)C3)c(C)n1-c1ccccc1. The number of alkyl halides is 1. The topological polar surface area (TPSA) is 48.3 Å². The molecule has 5 heteroatoms. The number of para-hydroxylation sites is 1. The quantitative estimate of drug-likeness (QED) is 0.366. The monoisotopic (exact) mass is 425 g/mol. The van der Waals surface area contributed by atoms with Gasteiger partial charge in [0.25, 0.3) is 0 Å². The van der Waals surface area contributed by atoms with Crippen molar-refractivity contribution in [3.8, 4) is 5.69 Å². The summed E-state index contributed by atoms with van der Waals surface area (Å²) in [5.74, 6) is 0.685. The van der Waals surface area contributed by atoms with E-state index in [1.165, 1.54) is 6.42 Å². The fourth-order valence-electron chi connectivity index (χ4n) is 6.77. The van der Waals surface area contributed by atoms with Crippen LogP contribution in [0.4, 0.5) is 0 Å². The lowest BCUT2D eigenvalue weighted by Gasteiger charge is -2.58. The van der Waals surface area contributed by atoms with E-state index >= 15 is 0 Å². The van der Waals surface area contributed by atoms with Gasteiger partial charge in [0.1, 0.15) is 0 Å². The number of hydrogen-bond acceptors (Lipinski definition) is 3. The third kappa shape index (κ3) is 3.20. The van der Waals surface area contributed by atoms with Crippen LogP contribution in [-0.2, 0) is 9.53 Å². The molecule has 158 valence electrons. The number of nitrogens with zero attached hydrogens (tertiary/aromatic N) is 1. The van der Waals surface area contributed by atoms with Gasteiger partial charge in [-0.05, 0) is 82.4 Å². The molecule has 0 N–H and O–H groups in total. The normalized spacial score (nSPS) is 31.7. The molecule has 4 bridgehead atoms. The Morgan fingerprint density at radius 2 is 1.77 bits per heavy atom. The first kappa shape index (κ1) is 19.9. The van der Waals surface area contributed by atoms with Crippen LogP contribution >= 0.6 is 11.6 Å². The summed E-state index contributed by atoms with van der Waals surface area (Å²) < 4.78 is 7.70. The molecule has 1 aromatic heterocycles. The minimum Gasteiger partial charge on any atom is -0.457 e. The Morgan fingerprint density at radius 3 is 2.40 bits per heavy atom. The van der Waals surface area contributed by atoms with E-state index in [2.05, 4.69) is 4.57 Å². The third-order valence-corrected chi connectivity index (χ3v) is 7.95. The Labute approximate surface area is 182 Å². The second-order valence-electron chi connectivity index (χ2n) is 9.85. The predicted octanol–water partition coefficient (Wildman–Crippen LogP) is 5.40. The van der Waals surface area contributed by atoms with E-state index in [-0.39, 0.29) is 23.2 Å². The van der Waals surface area contributed by atoms with Crippen LogP contribution < -0.4 is 0 Å². The lowest BCUT2D eigenvalue weighted by Crippen LogP contribution is -2.56. The molecule has 30 heavy (non-hydrogen) atoms. The number of ether oxygens (including phenoxy) is 1. The number of carbonyl (C=O) groups is 2. The Morgan fingerprint density at radius 1 is 1.10 bits per heavy atom. The molecule has 6 rings (SSSR count). The zero-order valence-electron chi connectivity index (χ0n) is 17.6. The van der Waals surface area contributed by atoms with Gasteiger partial charge < -0.3 is 9.30 Å². The number of benzene rings is 1. The van der Waals surface area contributed by atoms with Crippen LogP contribution in [0.3, 0.4) is 0 Å². The maximum absolute atomic E-state index is 13.1. The Balaban J connectivity index is 1.31. The summed E-state index contributed by atoms with van der Waals surface area (Å²) in [5.41, 5.74) is 3.01. The van der Waals surface area contributed by atoms with E-state index in [9.17, 15) is 9.59 Å². The van der Waals surface area contributed by atoms with Crippen molar-refractivity contribution in [2.24, 2.45) is 17.3 Å². The van der Waals surface area contributed by atoms with Crippen molar-refractivity contribution < 1.29 is 14.3 Å². The summed E-state index contributed by atoms with van der Waals surface area (Å²) in [6.07, 6.45) is 5.66. The first-order chi connectivity index (χ1) is 14.3. The van der Waals surface area contributed by atoms with E-state index < -0.39 is 5.41 Å². The van der Waals surface area contributed by atoms with Gasteiger partial charge in [-0.2, -0.15) is 0 Å². The minimum absolute atomic E-state index is 0.149. The van der Waals surface area contributed by atoms with Crippen LogP contribution in [0.2, 0.25) is 0 Å².